The molecule has 3 rings (SSSR count). The molecule has 0 unspecified atom stereocenters. The maximum atomic E-state index is 13.3. The van der Waals surface area contributed by atoms with Gasteiger partial charge in [0.1, 0.15) is 11.6 Å². The van der Waals surface area contributed by atoms with Crippen molar-refractivity contribution in [3.8, 4) is 11.4 Å². The van der Waals surface area contributed by atoms with E-state index in [0.29, 0.717) is 0 Å². The van der Waals surface area contributed by atoms with Crippen LogP contribution in [0, 0.1) is 12.7 Å². The van der Waals surface area contributed by atoms with Crippen molar-refractivity contribution in [2.45, 2.75) is 20.0 Å². The predicted octanol–water partition coefficient (Wildman–Crippen LogP) is 1.50. The molecule has 17 heavy (non-hydrogen) atoms. The van der Waals surface area contributed by atoms with Crippen molar-refractivity contribution in [2.75, 3.05) is 6.54 Å². The standard InChI is InChI=1S/C12H13FN4/c1-8-2-3-9(13)6-10(8)12-16-15-11-7-14-4-5-17(11)12/h2-3,6,14H,4-5,7H2,1H3. The fraction of sp³-hybridized carbons (Fsp3) is 0.333. The first-order valence-electron chi connectivity index (χ1n) is 5.65. The van der Waals surface area contributed by atoms with E-state index in [0.717, 1.165) is 42.4 Å². The van der Waals surface area contributed by atoms with Gasteiger partial charge < -0.3 is 9.88 Å². The highest BCUT2D eigenvalue weighted by atomic mass is 19.1. The first kappa shape index (κ1) is 10.4. The average molecular weight is 232 g/mol. The van der Waals surface area contributed by atoms with Crippen LogP contribution in [0.25, 0.3) is 11.4 Å². The van der Waals surface area contributed by atoms with Gasteiger partial charge in [-0.2, -0.15) is 0 Å². The van der Waals surface area contributed by atoms with Gasteiger partial charge >= 0.3 is 0 Å². The van der Waals surface area contributed by atoms with Crippen LogP contribution >= 0.6 is 0 Å². The summed E-state index contributed by atoms with van der Waals surface area (Å²) < 4.78 is 15.4. The minimum Gasteiger partial charge on any atom is -0.309 e. The zero-order valence-electron chi connectivity index (χ0n) is 9.57. The van der Waals surface area contributed by atoms with E-state index in [9.17, 15) is 4.39 Å². The van der Waals surface area contributed by atoms with Gasteiger partial charge in [-0.3, -0.25) is 0 Å². The smallest absolute Gasteiger partial charge is 0.164 e. The van der Waals surface area contributed by atoms with Gasteiger partial charge in [-0.1, -0.05) is 6.07 Å². The Morgan fingerprint density at radius 3 is 3.12 bits per heavy atom. The Bertz CT molecular complexity index is 562. The van der Waals surface area contributed by atoms with E-state index >= 15 is 0 Å². The lowest BCUT2D eigenvalue weighted by molar-refractivity contribution is 0.508. The average Bonchev–Trinajstić information content (AvgIpc) is 2.76. The fourth-order valence-corrected chi connectivity index (χ4v) is 2.13. The van der Waals surface area contributed by atoms with Crippen LogP contribution < -0.4 is 5.32 Å². The summed E-state index contributed by atoms with van der Waals surface area (Å²) in [5.41, 5.74) is 1.84. The Labute approximate surface area is 98.5 Å². The lowest BCUT2D eigenvalue weighted by atomic mass is 10.1. The number of nitrogens with zero attached hydrogens (tertiary/aromatic N) is 3. The molecule has 0 atom stereocenters. The van der Waals surface area contributed by atoms with Crippen molar-refractivity contribution in [1.82, 2.24) is 20.1 Å². The van der Waals surface area contributed by atoms with Crippen molar-refractivity contribution in [3.05, 3.63) is 35.4 Å². The zero-order chi connectivity index (χ0) is 11.8. The minimum absolute atomic E-state index is 0.239. The molecule has 0 saturated carbocycles. The molecule has 0 radical (unpaired) electrons. The largest absolute Gasteiger partial charge is 0.309 e. The van der Waals surface area contributed by atoms with Gasteiger partial charge in [-0.25, -0.2) is 4.39 Å². The topological polar surface area (TPSA) is 42.7 Å². The van der Waals surface area contributed by atoms with Crippen LogP contribution in [0.5, 0.6) is 0 Å². The third-order valence-corrected chi connectivity index (χ3v) is 3.06. The third-order valence-electron chi connectivity index (χ3n) is 3.06. The number of aryl methyl sites for hydroxylation is 1. The van der Waals surface area contributed by atoms with Gasteiger partial charge in [-0.15, -0.1) is 10.2 Å². The Balaban J connectivity index is 2.15. The number of aromatic nitrogens is 3. The number of hydrogen-bond donors (Lipinski definition) is 1. The molecule has 0 bridgehead atoms. The molecule has 0 spiro atoms. The molecule has 2 aromatic rings. The summed E-state index contributed by atoms with van der Waals surface area (Å²) in [7, 11) is 0. The third kappa shape index (κ3) is 1.72. The van der Waals surface area contributed by atoms with E-state index in [-0.39, 0.29) is 5.82 Å². The minimum atomic E-state index is -0.239. The molecule has 1 aromatic heterocycles. The molecule has 1 aromatic carbocycles. The number of nitrogens with one attached hydrogen (secondary N) is 1. The van der Waals surface area contributed by atoms with E-state index in [4.69, 9.17) is 0 Å². The summed E-state index contributed by atoms with van der Waals surface area (Å²) in [5.74, 6) is 1.44. The molecule has 0 amide bonds. The molecule has 88 valence electrons. The monoisotopic (exact) mass is 232 g/mol. The van der Waals surface area contributed by atoms with Crippen LogP contribution in [-0.4, -0.2) is 21.3 Å². The van der Waals surface area contributed by atoms with Crippen LogP contribution in [0.1, 0.15) is 11.4 Å². The van der Waals surface area contributed by atoms with E-state index in [1.807, 2.05) is 6.92 Å². The van der Waals surface area contributed by atoms with Crippen molar-refractivity contribution in [3.63, 3.8) is 0 Å². The second-order valence-corrected chi connectivity index (χ2v) is 4.23. The maximum Gasteiger partial charge on any atom is 0.164 e. The molecule has 1 aliphatic heterocycles. The molecule has 1 aliphatic rings. The van der Waals surface area contributed by atoms with Crippen molar-refractivity contribution < 1.29 is 4.39 Å². The summed E-state index contributed by atoms with van der Waals surface area (Å²) in [6.07, 6.45) is 0. The van der Waals surface area contributed by atoms with Crippen LogP contribution in [0.2, 0.25) is 0 Å². The summed E-state index contributed by atoms with van der Waals surface area (Å²) in [5, 5.41) is 11.5. The molecular formula is C12H13FN4. The summed E-state index contributed by atoms with van der Waals surface area (Å²) in [6.45, 7) is 4.40. The predicted molar refractivity (Wildman–Crippen MR) is 61.9 cm³/mol. The second-order valence-electron chi connectivity index (χ2n) is 4.23. The van der Waals surface area contributed by atoms with Crippen LogP contribution in [0.3, 0.4) is 0 Å². The van der Waals surface area contributed by atoms with Gasteiger partial charge in [0.15, 0.2) is 5.82 Å². The van der Waals surface area contributed by atoms with E-state index in [2.05, 4.69) is 20.1 Å². The normalized spacial score (nSPS) is 14.7. The van der Waals surface area contributed by atoms with Gasteiger partial charge in [0.05, 0.1) is 6.54 Å². The first-order valence-corrected chi connectivity index (χ1v) is 5.65. The molecule has 0 fully saturated rings. The summed E-state index contributed by atoms with van der Waals surface area (Å²) in [4.78, 5) is 0. The van der Waals surface area contributed by atoms with Crippen molar-refractivity contribution in [1.29, 1.82) is 0 Å². The SMILES string of the molecule is Cc1ccc(F)cc1-c1nnc2n1CCNC2. The number of benzene rings is 1. The molecule has 1 N–H and O–H groups in total. The highest BCUT2D eigenvalue weighted by Crippen LogP contribution is 2.24. The lowest BCUT2D eigenvalue weighted by Crippen LogP contribution is -2.28. The molecule has 5 heteroatoms. The number of halogens is 1. The molecule has 0 aliphatic carbocycles. The first-order chi connectivity index (χ1) is 8.25. The Morgan fingerprint density at radius 2 is 2.24 bits per heavy atom. The maximum absolute atomic E-state index is 13.3. The second kappa shape index (κ2) is 3.92. The van der Waals surface area contributed by atoms with Crippen molar-refractivity contribution in [2.24, 2.45) is 0 Å². The highest BCUT2D eigenvalue weighted by Gasteiger charge is 2.17. The number of fused-ring (bicyclic) bond motifs is 1. The van der Waals surface area contributed by atoms with Gasteiger partial charge in [0.25, 0.3) is 0 Å². The van der Waals surface area contributed by atoms with Crippen molar-refractivity contribution >= 4 is 0 Å². The van der Waals surface area contributed by atoms with Crippen LogP contribution in [0.15, 0.2) is 18.2 Å². The summed E-state index contributed by atoms with van der Waals surface area (Å²) in [6, 6.07) is 4.76. The molecule has 2 heterocycles. The zero-order valence-corrected chi connectivity index (χ0v) is 9.57. The Kier molecular flexibility index (Phi) is 2.40. The Hall–Kier alpha value is -1.75. The van der Waals surface area contributed by atoms with Crippen LogP contribution in [-0.2, 0) is 13.1 Å². The summed E-state index contributed by atoms with van der Waals surface area (Å²) >= 11 is 0. The number of rotatable bonds is 1. The highest BCUT2D eigenvalue weighted by molar-refractivity contribution is 5.60. The fourth-order valence-electron chi connectivity index (χ4n) is 2.13. The van der Waals surface area contributed by atoms with Gasteiger partial charge in [-0.05, 0) is 24.6 Å². The molecule has 4 nitrogen and oxygen atoms in total. The Morgan fingerprint density at radius 1 is 1.35 bits per heavy atom. The number of hydrogen-bond acceptors (Lipinski definition) is 3. The van der Waals surface area contributed by atoms with Gasteiger partial charge in [0.2, 0.25) is 0 Å². The van der Waals surface area contributed by atoms with Gasteiger partial charge in [0, 0.05) is 18.7 Å². The molecule has 0 saturated heterocycles. The molecular weight excluding hydrogens is 219 g/mol. The van der Waals surface area contributed by atoms with E-state index < -0.39 is 0 Å². The van der Waals surface area contributed by atoms with Crippen LogP contribution in [0.4, 0.5) is 4.39 Å². The van der Waals surface area contributed by atoms with E-state index in [1.54, 1.807) is 6.07 Å². The lowest BCUT2D eigenvalue weighted by Gasteiger charge is -2.16. The quantitative estimate of drug-likeness (QED) is 0.810. The van der Waals surface area contributed by atoms with E-state index in [1.165, 1.54) is 12.1 Å².